The Morgan fingerprint density at radius 1 is 1.00 bits per heavy atom. The van der Waals surface area contributed by atoms with Crippen LogP contribution in [0.1, 0.15) is 52.9 Å². The van der Waals surface area contributed by atoms with Crippen LogP contribution in [0.5, 0.6) is 0 Å². The van der Waals surface area contributed by atoms with Crippen molar-refractivity contribution in [2.75, 3.05) is 14.1 Å². The number of fused-ring (bicyclic) bond motifs is 3. The van der Waals surface area contributed by atoms with Crippen LogP contribution in [0.3, 0.4) is 0 Å². The first-order valence-corrected chi connectivity index (χ1v) is 7.03. The molecule has 0 amide bonds. The molecule has 3 fully saturated rings. The summed E-state index contributed by atoms with van der Waals surface area (Å²) in [6, 6.07) is 0.836. The van der Waals surface area contributed by atoms with Gasteiger partial charge in [0.2, 0.25) is 0 Å². The molecule has 0 aliphatic heterocycles. The minimum Gasteiger partial charge on any atom is -0.305 e. The molecular weight excluding hydrogens is 194 g/mol. The fraction of sp³-hybridized carbons (Fsp3) is 1.00. The quantitative estimate of drug-likeness (QED) is 0.654. The minimum atomic E-state index is 0.557. The monoisotopic (exact) mass is 221 g/mol. The largest absolute Gasteiger partial charge is 0.305 e. The molecule has 2 bridgehead atoms. The van der Waals surface area contributed by atoms with Crippen molar-refractivity contribution in [3.63, 3.8) is 0 Å². The maximum Gasteiger partial charge on any atom is 0.0207 e. The number of hydrogen-bond donors (Lipinski definition) is 0. The van der Waals surface area contributed by atoms with Crippen molar-refractivity contribution in [2.24, 2.45) is 22.2 Å². The molecule has 1 nitrogen and oxygen atoms in total. The van der Waals surface area contributed by atoms with E-state index < -0.39 is 0 Å². The molecule has 3 unspecified atom stereocenters. The molecule has 0 N–H and O–H groups in total. The van der Waals surface area contributed by atoms with Gasteiger partial charge in [0.15, 0.2) is 0 Å². The third-order valence-corrected chi connectivity index (χ3v) is 6.94. The molecule has 0 aromatic carbocycles. The zero-order chi connectivity index (χ0) is 11.8. The smallest absolute Gasteiger partial charge is 0.0207 e. The molecule has 0 aromatic heterocycles. The molecule has 1 heteroatoms. The van der Waals surface area contributed by atoms with Crippen molar-refractivity contribution >= 4 is 0 Å². The zero-order valence-corrected chi connectivity index (χ0v) is 11.6. The molecule has 1 spiro atoms. The third kappa shape index (κ3) is 0.903. The van der Waals surface area contributed by atoms with Crippen LogP contribution in [0.25, 0.3) is 0 Å². The summed E-state index contributed by atoms with van der Waals surface area (Å²) < 4.78 is 0. The lowest BCUT2D eigenvalue weighted by atomic mass is 9.55. The molecule has 92 valence electrons. The van der Waals surface area contributed by atoms with E-state index in [9.17, 15) is 0 Å². The zero-order valence-electron chi connectivity index (χ0n) is 11.6. The first kappa shape index (κ1) is 11.1. The number of nitrogens with zero attached hydrogens (tertiary/aromatic N) is 1. The first-order chi connectivity index (χ1) is 7.36. The molecule has 3 aliphatic carbocycles. The summed E-state index contributed by atoms with van der Waals surface area (Å²) in [6.07, 6.45) is 7.43. The van der Waals surface area contributed by atoms with E-state index in [4.69, 9.17) is 0 Å². The lowest BCUT2D eigenvalue weighted by Crippen LogP contribution is -2.55. The van der Waals surface area contributed by atoms with Gasteiger partial charge in [0.05, 0.1) is 0 Å². The third-order valence-electron chi connectivity index (χ3n) is 6.94. The second-order valence-corrected chi connectivity index (χ2v) is 7.68. The van der Waals surface area contributed by atoms with E-state index in [1.54, 1.807) is 0 Å². The molecule has 0 heterocycles. The van der Waals surface area contributed by atoms with E-state index in [2.05, 4.69) is 39.8 Å². The fourth-order valence-corrected chi connectivity index (χ4v) is 6.14. The summed E-state index contributed by atoms with van der Waals surface area (Å²) >= 11 is 0. The van der Waals surface area contributed by atoms with E-state index >= 15 is 0 Å². The predicted molar refractivity (Wildman–Crippen MR) is 68.4 cm³/mol. The topological polar surface area (TPSA) is 3.24 Å². The van der Waals surface area contributed by atoms with Gasteiger partial charge in [-0.05, 0) is 61.9 Å². The molecule has 0 saturated heterocycles. The molecule has 3 aliphatic rings. The van der Waals surface area contributed by atoms with Crippen molar-refractivity contribution in [1.29, 1.82) is 0 Å². The van der Waals surface area contributed by atoms with Gasteiger partial charge in [-0.3, -0.25) is 0 Å². The van der Waals surface area contributed by atoms with E-state index in [0.29, 0.717) is 16.2 Å². The summed E-state index contributed by atoms with van der Waals surface area (Å²) in [5.74, 6) is 0.992. The second-order valence-electron chi connectivity index (χ2n) is 7.68. The normalized spacial score (nSPS) is 47.6. The van der Waals surface area contributed by atoms with Crippen LogP contribution in [0, 0.1) is 22.2 Å². The Labute approximate surface area is 101 Å². The maximum atomic E-state index is 2.57. The second kappa shape index (κ2) is 2.85. The SMILES string of the molecule is CN(C)C1C2(CCC2)C2CCC1(C)C2(C)C. The summed E-state index contributed by atoms with van der Waals surface area (Å²) in [6.45, 7) is 7.67. The highest BCUT2D eigenvalue weighted by molar-refractivity contribution is 5.24. The highest BCUT2D eigenvalue weighted by atomic mass is 15.2. The van der Waals surface area contributed by atoms with Crippen LogP contribution in [0.2, 0.25) is 0 Å². The Morgan fingerprint density at radius 3 is 2.00 bits per heavy atom. The molecule has 3 atom stereocenters. The summed E-state index contributed by atoms with van der Waals surface area (Å²) in [4.78, 5) is 2.56. The van der Waals surface area contributed by atoms with E-state index in [1.807, 2.05) is 0 Å². The van der Waals surface area contributed by atoms with Crippen molar-refractivity contribution in [2.45, 2.75) is 58.9 Å². The number of rotatable bonds is 1. The van der Waals surface area contributed by atoms with Crippen LogP contribution in [0.15, 0.2) is 0 Å². The standard InChI is InChI=1S/C15H27N/c1-13(2)11-7-10-14(13,3)12(16(4)5)15(11)8-6-9-15/h11-12H,6-10H2,1-5H3. The minimum absolute atomic E-state index is 0.557. The Kier molecular flexibility index (Phi) is 1.98. The average Bonchev–Trinajstić information content (AvgIpc) is 2.42. The first-order valence-electron chi connectivity index (χ1n) is 7.03. The predicted octanol–water partition coefficient (Wildman–Crippen LogP) is 3.54. The molecular formula is C15H27N. The van der Waals surface area contributed by atoms with Crippen molar-refractivity contribution in [3.05, 3.63) is 0 Å². The Morgan fingerprint density at radius 2 is 1.62 bits per heavy atom. The van der Waals surface area contributed by atoms with Crippen LogP contribution < -0.4 is 0 Å². The molecule has 3 rings (SSSR count). The van der Waals surface area contributed by atoms with Gasteiger partial charge in [0, 0.05) is 6.04 Å². The summed E-state index contributed by atoms with van der Waals surface area (Å²) in [5.41, 5.74) is 1.81. The van der Waals surface area contributed by atoms with Crippen LogP contribution in [-0.2, 0) is 0 Å². The van der Waals surface area contributed by atoms with E-state index in [0.717, 1.165) is 12.0 Å². The molecule has 0 aromatic rings. The lowest BCUT2D eigenvalue weighted by Gasteiger charge is -2.55. The van der Waals surface area contributed by atoms with Crippen molar-refractivity contribution in [1.82, 2.24) is 4.90 Å². The van der Waals surface area contributed by atoms with Crippen LogP contribution in [-0.4, -0.2) is 25.0 Å². The van der Waals surface area contributed by atoms with E-state index in [-0.39, 0.29) is 0 Å². The summed E-state index contributed by atoms with van der Waals surface area (Å²) in [7, 11) is 4.62. The molecule has 3 saturated carbocycles. The molecule has 16 heavy (non-hydrogen) atoms. The van der Waals surface area contributed by atoms with Gasteiger partial charge in [-0.25, -0.2) is 0 Å². The van der Waals surface area contributed by atoms with Gasteiger partial charge in [-0.15, -0.1) is 0 Å². The van der Waals surface area contributed by atoms with Crippen LogP contribution in [0.4, 0.5) is 0 Å². The van der Waals surface area contributed by atoms with Gasteiger partial charge < -0.3 is 4.90 Å². The van der Waals surface area contributed by atoms with Crippen LogP contribution >= 0.6 is 0 Å². The van der Waals surface area contributed by atoms with Gasteiger partial charge in [-0.2, -0.15) is 0 Å². The fourth-order valence-electron chi connectivity index (χ4n) is 6.14. The van der Waals surface area contributed by atoms with Gasteiger partial charge >= 0.3 is 0 Å². The van der Waals surface area contributed by atoms with Gasteiger partial charge in [0.1, 0.15) is 0 Å². The summed E-state index contributed by atoms with van der Waals surface area (Å²) in [5, 5.41) is 0. The Balaban J connectivity index is 2.10. The average molecular weight is 221 g/mol. The highest BCUT2D eigenvalue weighted by Gasteiger charge is 2.73. The molecule has 0 radical (unpaired) electrons. The Hall–Kier alpha value is -0.0400. The highest BCUT2D eigenvalue weighted by Crippen LogP contribution is 2.77. The Bertz CT molecular complexity index is 313. The number of hydrogen-bond acceptors (Lipinski definition) is 1. The maximum absolute atomic E-state index is 2.57. The van der Waals surface area contributed by atoms with Crippen molar-refractivity contribution < 1.29 is 0 Å². The van der Waals surface area contributed by atoms with Crippen molar-refractivity contribution in [3.8, 4) is 0 Å². The van der Waals surface area contributed by atoms with E-state index in [1.165, 1.54) is 32.1 Å². The lowest BCUT2D eigenvalue weighted by molar-refractivity contribution is -0.0480. The van der Waals surface area contributed by atoms with Gasteiger partial charge in [0.25, 0.3) is 0 Å². The van der Waals surface area contributed by atoms with Gasteiger partial charge in [-0.1, -0.05) is 27.2 Å².